The summed E-state index contributed by atoms with van der Waals surface area (Å²) in [5.74, 6) is -0.980. The highest BCUT2D eigenvalue weighted by Gasteiger charge is 2.45. The Morgan fingerprint density at radius 2 is 1.76 bits per heavy atom. The Morgan fingerprint density at radius 1 is 1.10 bits per heavy atom. The average molecular weight is 416 g/mol. The Balaban J connectivity index is 2.09. The van der Waals surface area contributed by atoms with Crippen LogP contribution >= 0.6 is 11.6 Å². The Kier molecular flexibility index (Phi) is 6.56. The van der Waals surface area contributed by atoms with Crippen LogP contribution in [-0.2, 0) is 14.3 Å². The van der Waals surface area contributed by atoms with Gasteiger partial charge >= 0.3 is 0 Å². The van der Waals surface area contributed by atoms with Crippen molar-refractivity contribution in [1.29, 1.82) is 0 Å². The number of rotatable bonds is 7. The zero-order chi connectivity index (χ0) is 21.0. The van der Waals surface area contributed by atoms with E-state index in [2.05, 4.69) is 0 Å². The topological polar surface area (TPSA) is 76.1 Å². The molecule has 29 heavy (non-hydrogen) atoms. The number of halogens is 1. The van der Waals surface area contributed by atoms with Gasteiger partial charge in [-0.2, -0.15) is 0 Å². The van der Waals surface area contributed by atoms with E-state index in [4.69, 9.17) is 21.1 Å². The van der Waals surface area contributed by atoms with Gasteiger partial charge in [-0.1, -0.05) is 23.7 Å². The fourth-order valence-electron chi connectivity index (χ4n) is 3.32. The lowest BCUT2D eigenvalue weighted by molar-refractivity contribution is -0.140. The molecule has 2 aromatic rings. The third-order valence-corrected chi connectivity index (χ3v) is 4.95. The zero-order valence-corrected chi connectivity index (χ0v) is 17.0. The van der Waals surface area contributed by atoms with Gasteiger partial charge in [-0.25, -0.2) is 0 Å². The van der Waals surface area contributed by atoms with Crippen molar-refractivity contribution in [2.45, 2.75) is 13.0 Å². The molecule has 152 valence electrons. The summed E-state index contributed by atoms with van der Waals surface area (Å²) >= 11 is 5.99. The number of hydrogen-bond acceptors (Lipinski definition) is 5. The standard InChI is InChI=1S/C22H22ClNO5/c1-3-29-17-10-6-15(7-11-17)20(25)18-19(14-4-8-16(23)9-5-14)24(12-13-28-2)22(27)21(18)26/h4-11,19,25H,3,12-13H2,1-2H3/b20-18+/t19-/m1/s1. The highest BCUT2D eigenvalue weighted by atomic mass is 35.5. The minimum absolute atomic E-state index is 0.0394. The molecule has 1 aliphatic rings. The van der Waals surface area contributed by atoms with Crippen LogP contribution < -0.4 is 4.74 Å². The molecule has 0 radical (unpaired) electrons. The van der Waals surface area contributed by atoms with Crippen LogP contribution in [0, 0.1) is 0 Å². The molecule has 1 saturated heterocycles. The summed E-state index contributed by atoms with van der Waals surface area (Å²) in [5, 5.41) is 11.5. The number of ketones is 1. The molecule has 1 atom stereocenters. The maximum atomic E-state index is 12.8. The summed E-state index contributed by atoms with van der Waals surface area (Å²) in [6, 6.07) is 12.8. The number of carbonyl (C=O) groups is 2. The number of likely N-dealkylation sites (tertiary alicyclic amines) is 1. The number of aliphatic hydroxyl groups excluding tert-OH is 1. The van der Waals surface area contributed by atoms with E-state index in [0.717, 1.165) is 0 Å². The smallest absolute Gasteiger partial charge is 0.295 e. The van der Waals surface area contributed by atoms with E-state index in [9.17, 15) is 14.7 Å². The van der Waals surface area contributed by atoms with Crippen LogP contribution in [0.5, 0.6) is 5.75 Å². The number of hydrogen-bond donors (Lipinski definition) is 1. The van der Waals surface area contributed by atoms with Crippen LogP contribution in [0.4, 0.5) is 0 Å². The SMILES string of the molecule is CCOc1ccc(/C(O)=C2\C(=O)C(=O)N(CCOC)[C@@H]2c2ccc(Cl)cc2)cc1. The number of methoxy groups -OCH3 is 1. The van der Waals surface area contributed by atoms with Crippen LogP contribution in [0.2, 0.25) is 5.02 Å². The first-order chi connectivity index (χ1) is 14.0. The molecule has 2 aromatic carbocycles. The van der Waals surface area contributed by atoms with Crippen molar-refractivity contribution in [3.05, 3.63) is 70.3 Å². The fraction of sp³-hybridized carbons (Fsp3) is 0.273. The van der Waals surface area contributed by atoms with Crippen molar-refractivity contribution in [1.82, 2.24) is 4.90 Å². The van der Waals surface area contributed by atoms with Gasteiger partial charge in [-0.15, -0.1) is 0 Å². The molecule has 1 fully saturated rings. The van der Waals surface area contributed by atoms with Gasteiger partial charge in [0, 0.05) is 24.2 Å². The van der Waals surface area contributed by atoms with Gasteiger partial charge in [0.15, 0.2) is 0 Å². The van der Waals surface area contributed by atoms with Gasteiger partial charge in [0.1, 0.15) is 11.5 Å². The predicted molar refractivity (Wildman–Crippen MR) is 110 cm³/mol. The first-order valence-corrected chi connectivity index (χ1v) is 9.61. The highest BCUT2D eigenvalue weighted by Crippen LogP contribution is 2.39. The second-order valence-corrected chi connectivity index (χ2v) is 6.93. The van der Waals surface area contributed by atoms with Crippen LogP contribution in [0.3, 0.4) is 0 Å². The van der Waals surface area contributed by atoms with E-state index in [1.54, 1.807) is 48.5 Å². The highest BCUT2D eigenvalue weighted by molar-refractivity contribution is 6.46. The molecule has 1 aliphatic heterocycles. The van der Waals surface area contributed by atoms with Crippen LogP contribution in [0.15, 0.2) is 54.1 Å². The molecule has 0 bridgehead atoms. The number of ether oxygens (including phenoxy) is 2. The van der Waals surface area contributed by atoms with Crippen LogP contribution in [-0.4, -0.2) is 48.6 Å². The maximum Gasteiger partial charge on any atom is 0.295 e. The Hall–Kier alpha value is -2.83. The molecule has 0 unspecified atom stereocenters. The molecule has 1 heterocycles. The first kappa shape index (κ1) is 20.9. The van der Waals surface area contributed by atoms with Gasteiger partial charge in [-0.05, 0) is 48.9 Å². The quantitative estimate of drug-likeness (QED) is 0.423. The molecule has 0 spiro atoms. The van der Waals surface area contributed by atoms with Crippen molar-refractivity contribution < 1.29 is 24.2 Å². The van der Waals surface area contributed by atoms with Crippen molar-refractivity contribution >= 4 is 29.1 Å². The first-order valence-electron chi connectivity index (χ1n) is 9.24. The van der Waals surface area contributed by atoms with E-state index >= 15 is 0 Å². The lowest BCUT2D eigenvalue weighted by Gasteiger charge is -2.25. The molecule has 1 amide bonds. The van der Waals surface area contributed by atoms with Gasteiger partial charge in [0.2, 0.25) is 0 Å². The van der Waals surface area contributed by atoms with Crippen LogP contribution in [0.1, 0.15) is 24.1 Å². The second-order valence-electron chi connectivity index (χ2n) is 6.49. The molecule has 6 nitrogen and oxygen atoms in total. The lowest BCUT2D eigenvalue weighted by atomic mass is 9.95. The van der Waals surface area contributed by atoms with E-state index < -0.39 is 17.7 Å². The molecule has 0 aromatic heterocycles. The second kappa shape index (κ2) is 9.11. The van der Waals surface area contributed by atoms with Gasteiger partial charge in [0.05, 0.1) is 24.8 Å². The van der Waals surface area contributed by atoms with E-state index in [1.807, 2.05) is 6.92 Å². The number of aliphatic hydroxyl groups is 1. The molecule has 1 N–H and O–H groups in total. The summed E-state index contributed by atoms with van der Waals surface area (Å²) < 4.78 is 10.5. The van der Waals surface area contributed by atoms with Crippen molar-refractivity contribution in [3.63, 3.8) is 0 Å². The molecule has 3 rings (SSSR count). The summed E-state index contributed by atoms with van der Waals surface area (Å²) in [4.78, 5) is 26.9. The molecule has 7 heteroatoms. The maximum absolute atomic E-state index is 12.8. The Labute approximate surface area is 174 Å². The summed E-state index contributed by atoms with van der Waals surface area (Å²) in [5.41, 5.74) is 1.15. The number of Topliss-reactive ketones (excluding diaryl/α,β-unsaturated/α-hetero) is 1. The normalized spacial score (nSPS) is 18.3. The Bertz CT molecular complexity index is 921. The molecular weight excluding hydrogens is 394 g/mol. The molecular formula is C22H22ClNO5. The van der Waals surface area contributed by atoms with Gasteiger partial charge in [0.25, 0.3) is 11.7 Å². The van der Waals surface area contributed by atoms with Crippen molar-refractivity contribution in [3.8, 4) is 5.75 Å². The van der Waals surface area contributed by atoms with Crippen LogP contribution in [0.25, 0.3) is 5.76 Å². The number of amides is 1. The summed E-state index contributed by atoms with van der Waals surface area (Å²) in [6.45, 7) is 2.88. The summed E-state index contributed by atoms with van der Waals surface area (Å²) in [6.07, 6.45) is 0. The zero-order valence-electron chi connectivity index (χ0n) is 16.2. The van der Waals surface area contributed by atoms with E-state index in [0.29, 0.717) is 28.5 Å². The van der Waals surface area contributed by atoms with Gasteiger partial charge < -0.3 is 19.5 Å². The van der Waals surface area contributed by atoms with Crippen molar-refractivity contribution in [2.75, 3.05) is 26.9 Å². The fourth-order valence-corrected chi connectivity index (χ4v) is 3.45. The number of benzene rings is 2. The van der Waals surface area contributed by atoms with Gasteiger partial charge in [-0.3, -0.25) is 9.59 Å². The minimum Gasteiger partial charge on any atom is -0.507 e. The summed E-state index contributed by atoms with van der Waals surface area (Å²) in [7, 11) is 1.52. The molecule has 0 saturated carbocycles. The Morgan fingerprint density at radius 3 is 2.34 bits per heavy atom. The average Bonchev–Trinajstić information content (AvgIpc) is 2.98. The van der Waals surface area contributed by atoms with Crippen molar-refractivity contribution in [2.24, 2.45) is 0 Å². The third-order valence-electron chi connectivity index (χ3n) is 4.70. The lowest BCUT2D eigenvalue weighted by Crippen LogP contribution is -2.32. The largest absolute Gasteiger partial charge is 0.507 e. The number of carbonyl (C=O) groups excluding carboxylic acids is 2. The molecule has 0 aliphatic carbocycles. The van der Waals surface area contributed by atoms with E-state index in [1.165, 1.54) is 12.0 Å². The minimum atomic E-state index is -0.729. The predicted octanol–water partition coefficient (Wildman–Crippen LogP) is 3.81. The number of nitrogens with zero attached hydrogens (tertiary/aromatic N) is 1. The van der Waals surface area contributed by atoms with E-state index in [-0.39, 0.29) is 24.5 Å². The monoisotopic (exact) mass is 415 g/mol. The third kappa shape index (κ3) is 4.28.